The fourth-order valence-electron chi connectivity index (χ4n) is 2.68. The van der Waals surface area contributed by atoms with Gasteiger partial charge in [-0.3, -0.25) is 14.4 Å². The van der Waals surface area contributed by atoms with Crippen molar-refractivity contribution in [3.05, 3.63) is 0 Å². The van der Waals surface area contributed by atoms with Gasteiger partial charge in [0.1, 0.15) is 24.2 Å². The molecule has 0 rings (SSSR count). The van der Waals surface area contributed by atoms with Crippen LogP contribution in [0.25, 0.3) is 0 Å². The van der Waals surface area contributed by atoms with Crippen LogP contribution in [-0.4, -0.2) is 77.3 Å². The van der Waals surface area contributed by atoms with Gasteiger partial charge in [-0.15, -0.1) is 0 Å². The second-order valence-corrected chi connectivity index (χ2v) is 7.53. The lowest BCUT2D eigenvalue weighted by Crippen LogP contribution is -2.57. The Kier molecular flexibility index (Phi) is 14.4. The number of unbranched alkanes of at least 4 members (excludes halogenated alkanes) is 2. The second-order valence-electron chi connectivity index (χ2n) is 7.53. The number of carboxylic acid groups (broad SMARTS) is 1. The van der Waals surface area contributed by atoms with Crippen molar-refractivity contribution in [1.82, 2.24) is 16.0 Å². The molecule has 180 valence electrons. The highest BCUT2D eigenvalue weighted by atomic mass is 16.4. The standard InChI is InChI=1S/C19H38N6O6/c1-11(16(27)25-14(19(30)31)8-4-6-10-21)23-17(28)13(7-3-5-9-20)24-18(29)15(22)12(2)26/h11-15,26H,3-10,20-22H2,1-2H3,(H,23,28)(H,24,29)(H,25,27)(H,30,31). The quantitative estimate of drug-likeness (QED) is 0.117. The third kappa shape index (κ3) is 11.6. The molecule has 5 unspecified atom stereocenters. The molecule has 0 spiro atoms. The largest absolute Gasteiger partial charge is 0.480 e. The minimum atomic E-state index is -1.21. The second kappa shape index (κ2) is 15.5. The highest BCUT2D eigenvalue weighted by Gasteiger charge is 2.28. The number of carbonyl (C=O) groups is 4. The average molecular weight is 447 g/mol. The molecule has 0 aromatic heterocycles. The van der Waals surface area contributed by atoms with Crippen LogP contribution in [0.1, 0.15) is 52.4 Å². The molecule has 0 heterocycles. The number of aliphatic hydroxyl groups is 1. The molecule has 0 fully saturated rings. The Morgan fingerprint density at radius 2 is 1.26 bits per heavy atom. The van der Waals surface area contributed by atoms with Crippen molar-refractivity contribution in [3.8, 4) is 0 Å². The van der Waals surface area contributed by atoms with E-state index in [4.69, 9.17) is 17.2 Å². The number of hydrogen-bond acceptors (Lipinski definition) is 8. The van der Waals surface area contributed by atoms with Crippen LogP contribution in [0.5, 0.6) is 0 Å². The first-order valence-corrected chi connectivity index (χ1v) is 10.5. The fraction of sp³-hybridized carbons (Fsp3) is 0.789. The van der Waals surface area contributed by atoms with Crippen LogP contribution >= 0.6 is 0 Å². The number of nitrogens with one attached hydrogen (secondary N) is 3. The van der Waals surface area contributed by atoms with Gasteiger partial charge in [-0.1, -0.05) is 0 Å². The maximum absolute atomic E-state index is 12.6. The van der Waals surface area contributed by atoms with E-state index in [0.29, 0.717) is 38.8 Å². The Balaban J connectivity index is 5.00. The summed E-state index contributed by atoms with van der Waals surface area (Å²) in [6.45, 7) is 3.59. The molecule has 5 atom stereocenters. The van der Waals surface area contributed by atoms with Crippen molar-refractivity contribution >= 4 is 23.7 Å². The van der Waals surface area contributed by atoms with E-state index in [9.17, 15) is 29.4 Å². The molecular formula is C19H38N6O6. The van der Waals surface area contributed by atoms with Gasteiger partial charge in [0.2, 0.25) is 17.7 Å². The molecule has 0 saturated carbocycles. The summed E-state index contributed by atoms with van der Waals surface area (Å²) in [5.41, 5.74) is 16.5. The molecule has 12 heteroatoms. The summed E-state index contributed by atoms with van der Waals surface area (Å²) in [4.78, 5) is 48.5. The number of carbonyl (C=O) groups excluding carboxylic acids is 3. The third-order valence-electron chi connectivity index (χ3n) is 4.72. The summed E-state index contributed by atoms with van der Waals surface area (Å²) in [7, 11) is 0. The third-order valence-corrected chi connectivity index (χ3v) is 4.72. The predicted molar refractivity (Wildman–Crippen MR) is 115 cm³/mol. The van der Waals surface area contributed by atoms with Crippen molar-refractivity contribution in [1.29, 1.82) is 0 Å². The van der Waals surface area contributed by atoms with Crippen molar-refractivity contribution < 1.29 is 29.4 Å². The summed E-state index contributed by atoms with van der Waals surface area (Å²) in [5, 5.41) is 26.1. The Labute approximate surface area is 182 Å². The van der Waals surface area contributed by atoms with E-state index in [1.54, 1.807) is 0 Å². The minimum absolute atomic E-state index is 0.216. The summed E-state index contributed by atoms with van der Waals surface area (Å²) in [6, 6.07) is -4.33. The molecule has 12 nitrogen and oxygen atoms in total. The van der Waals surface area contributed by atoms with Gasteiger partial charge in [-0.05, 0) is 65.5 Å². The van der Waals surface area contributed by atoms with Gasteiger partial charge >= 0.3 is 5.97 Å². The predicted octanol–water partition coefficient (Wildman–Crippen LogP) is -2.49. The molecule has 0 aliphatic rings. The zero-order valence-electron chi connectivity index (χ0n) is 18.3. The molecule has 0 aliphatic heterocycles. The average Bonchev–Trinajstić information content (AvgIpc) is 2.71. The van der Waals surface area contributed by atoms with Gasteiger partial charge in [-0.25, -0.2) is 4.79 Å². The van der Waals surface area contributed by atoms with Crippen molar-refractivity contribution in [2.24, 2.45) is 17.2 Å². The Hall–Kier alpha value is -2.28. The molecule has 0 aromatic carbocycles. The summed E-state index contributed by atoms with van der Waals surface area (Å²) in [6.07, 6.45) is 1.70. The summed E-state index contributed by atoms with van der Waals surface area (Å²) < 4.78 is 0. The Morgan fingerprint density at radius 1 is 0.774 bits per heavy atom. The smallest absolute Gasteiger partial charge is 0.326 e. The van der Waals surface area contributed by atoms with Crippen molar-refractivity contribution in [2.75, 3.05) is 13.1 Å². The lowest BCUT2D eigenvalue weighted by Gasteiger charge is -2.24. The van der Waals surface area contributed by atoms with E-state index in [1.807, 2.05) is 0 Å². The monoisotopic (exact) mass is 446 g/mol. The van der Waals surface area contributed by atoms with Crippen LogP contribution in [0.4, 0.5) is 0 Å². The topological polar surface area (TPSA) is 223 Å². The number of aliphatic carboxylic acids is 1. The highest BCUT2D eigenvalue weighted by Crippen LogP contribution is 2.04. The van der Waals surface area contributed by atoms with Crippen LogP contribution in [0, 0.1) is 0 Å². The normalized spacial score (nSPS) is 15.8. The van der Waals surface area contributed by atoms with E-state index in [1.165, 1.54) is 13.8 Å². The van der Waals surface area contributed by atoms with Gasteiger partial charge in [0.25, 0.3) is 0 Å². The van der Waals surface area contributed by atoms with Crippen LogP contribution in [0.2, 0.25) is 0 Å². The molecule has 0 aliphatic carbocycles. The van der Waals surface area contributed by atoms with Crippen LogP contribution < -0.4 is 33.2 Å². The molecular weight excluding hydrogens is 408 g/mol. The van der Waals surface area contributed by atoms with E-state index in [2.05, 4.69) is 16.0 Å². The minimum Gasteiger partial charge on any atom is -0.480 e. The molecule has 3 amide bonds. The Bertz CT molecular complexity index is 588. The first-order chi connectivity index (χ1) is 14.5. The number of carboxylic acids is 1. The Morgan fingerprint density at radius 3 is 1.71 bits per heavy atom. The first-order valence-electron chi connectivity index (χ1n) is 10.5. The fourth-order valence-corrected chi connectivity index (χ4v) is 2.68. The SMILES string of the molecule is CC(NC(=O)C(CCCCN)NC(=O)C(N)C(C)O)C(=O)NC(CCCCN)C(=O)O. The van der Waals surface area contributed by atoms with Crippen LogP contribution in [0.3, 0.4) is 0 Å². The first kappa shape index (κ1) is 28.7. The lowest BCUT2D eigenvalue weighted by atomic mass is 10.1. The summed E-state index contributed by atoms with van der Waals surface area (Å²) in [5.74, 6) is -3.17. The van der Waals surface area contributed by atoms with Gasteiger partial charge in [0.15, 0.2) is 0 Å². The van der Waals surface area contributed by atoms with Crippen molar-refractivity contribution in [3.63, 3.8) is 0 Å². The van der Waals surface area contributed by atoms with Gasteiger partial charge in [0.05, 0.1) is 6.10 Å². The van der Waals surface area contributed by atoms with Crippen molar-refractivity contribution in [2.45, 2.75) is 82.6 Å². The number of hydrogen-bond donors (Lipinski definition) is 8. The lowest BCUT2D eigenvalue weighted by molar-refractivity contribution is -0.142. The molecule has 0 bridgehead atoms. The number of amides is 3. The van der Waals surface area contributed by atoms with E-state index < -0.39 is 54.0 Å². The zero-order valence-corrected chi connectivity index (χ0v) is 18.3. The van der Waals surface area contributed by atoms with Gasteiger partial charge in [-0.2, -0.15) is 0 Å². The zero-order chi connectivity index (χ0) is 24.0. The number of aliphatic hydroxyl groups excluding tert-OH is 1. The van der Waals surface area contributed by atoms with E-state index in [-0.39, 0.29) is 12.8 Å². The number of nitrogens with two attached hydrogens (primary N) is 3. The molecule has 0 aromatic rings. The van der Waals surface area contributed by atoms with Crippen LogP contribution in [-0.2, 0) is 19.2 Å². The van der Waals surface area contributed by atoms with Gasteiger partial charge in [0, 0.05) is 0 Å². The molecule has 0 saturated heterocycles. The molecule has 0 radical (unpaired) electrons. The maximum Gasteiger partial charge on any atom is 0.326 e. The summed E-state index contributed by atoms with van der Waals surface area (Å²) >= 11 is 0. The highest BCUT2D eigenvalue weighted by molar-refractivity contribution is 5.93. The van der Waals surface area contributed by atoms with E-state index >= 15 is 0 Å². The molecule has 31 heavy (non-hydrogen) atoms. The number of rotatable bonds is 16. The molecule has 11 N–H and O–H groups in total. The maximum atomic E-state index is 12.6. The van der Waals surface area contributed by atoms with Crippen LogP contribution in [0.15, 0.2) is 0 Å². The van der Waals surface area contributed by atoms with E-state index in [0.717, 1.165) is 0 Å². The van der Waals surface area contributed by atoms with Gasteiger partial charge < -0.3 is 43.4 Å².